The van der Waals surface area contributed by atoms with Crippen LogP contribution in [0.15, 0.2) is 86.5 Å². The molecule has 0 aliphatic heterocycles. The van der Waals surface area contributed by atoms with E-state index in [0.717, 1.165) is 22.0 Å². The third-order valence-corrected chi connectivity index (χ3v) is 8.09. The summed E-state index contributed by atoms with van der Waals surface area (Å²) in [5.41, 5.74) is 2.96. The fraction of sp³-hybridized carbons (Fsp3) is 0.136. The minimum atomic E-state index is -3.55. The molecule has 4 aromatic rings. The maximum Gasteiger partial charge on any atom is 0.242 e. The Morgan fingerprint density at radius 2 is 1.91 bits per heavy atom. The normalized spacial score (nSPS) is 13.1. The zero-order chi connectivity index (χ0) is 22.7. The number of hydrogen-bond donors (Lipinski definition) is 0. The number of thiophene rings is 1. The van der Waals surface area contributed by atoms with E-state index in [2.05, 4.69) is 4.98 Å². The molecule has 1 aromatic carbocycles. The van der Waals surface area contributed by atoms with Gasteiger partial charge in [0.2, 0.25) is 14.8 Å². The molecule has 0 saturated carbocycles. The number of rotatable bonds is 6. The van der Waals surface area contributed by atoms with Crippen molar-refractivity contribution >= 4 is 44.1 Å². The molecule has 0 fully saturated rings. The van der Waals surface area contributed by atoms with E-state index in [1.54, 1.807) is 46.5 Å². The molecule has 10 heteroatoms. The van der Waals surface area contributed by atoms with Gasteiger partial charge in [0, 0.05) is 25.7 Å². The summed E-state index contributed by atoms with van der Waals surface area (Å²) < 4.78 is 28.0. The van der Waals surface area contributed by atoms with Gasteiger partial charge in [-0.05, 0) is 48.7 Å². The highest BCUT2D eigenvalue weighted by Gasteiger charge is 2.17. The van der Waals surface area contributed by atoms with E-state index < -0.39 is 10.0 Å². The van der Waals surface area contributed by atoms with Crippen LogP contribution in [0, 0.1) is 0 Å². The molecule has 4 rings (SSSR count). The molecule has 0 N–H and O–H groups in total. The fourth-order valence-electron chi connectivity index (χ4n) is 2.88. The molecule has 0 saturated heterocycles. The van der Waals surface area contributed by atoms with E-state index in [1.165, 1.54) is 29.7 Å². The van der Waals surface area contributed by atoms with E-state index in [9.17, 15) is 8.42 Å². The molecule has 0 aliphatic rings. The quantitative estimate of drug-likeness (QED) is 0.381. The maximum absolute atomic E-state index is 12.5. The Balaban J connectivity index is 1.87. The Kier molecular flexibility index (Phi) is 6.47. The van der Waals surface area contributed by atoms with Gasteiger partial charge in [0.15, 0.2) is 0 Å². The summed E-state index contributed by atoms with van der Waals surface area (Å²) in [6.07, 6.45) is 1.73. The Hall–Kier alpha value is -2.92. The molecule has 0 amide bonds. The first-order chi connectivity index (χ1) is 15.4. The van der Waals surface area contributed by atoms with E-state index in [0.29, 0.717) is 10.5 Å². The molecule has 0 atom stereocenters. The smallest absolute Gasteiger partial charge is 0.242 e. The second-order valence-corrected chi connectivity index (χ2v) is 10.9. The SMILES string of the molecule is C/C(=N\n1c(-c2cccs2)csc1=Nc1cccc(S(=O)(=O)N(C)C)c1)c1ccccn1. The van der Waals surface area contributed by atoms with Gasteiger partial charge in [-0.3, -0.25) is 4.98 Å². The van der Waals surface area contributed by atoms with Crippen molar-refractivity contribution < 1.29 is 8.42 Å². The van der Waals surface area contributed by atoms with Crippen molar-refractivity contribution in [2.75, 3.05) is 14.1 Å². The monoisotopic (exact) mass is 483 g/mol. The van der Waals surface area contributed by atoms with Gasteiger partial charge in [0.1, 0.15) is 0 Å². The van der Waals surface area contributed by atoms with E-state index in [4.69, 9.17) is 10.1 Å². The molecule has 7 nitrogen and oxygen atoms in total. The Labute approximate surface area is 194 Å². The van der Waals surface area contributed by atoms with Crippen LogP contribution in [0.25, 0.3) is 10.6 Å². The summed E-state index contributed by atoms with van der Waals surface area (Å²) in [6.45, 7) is 1.90. The fourth-order valence-corrected chi connectivity index (χ4v) is 5.47. The van der Waals surface area contributed by atoms with Crippen molar-refractivity contribution in [1.29, 1.82) is 0 Å². The van der Waals surface area contributed by atoms with Crippen molar-refractivity contribution in [1.82, 2.24) is 14.0 Å². The lowest BCUT2D eigenvalue weighted by Crippen LogP contribution is -2.22. The van der Waals surface area contributed by atoms with Crippen LogP contribution in [-0.2, 0) is 10.0 Å². The van der Waals surface area contributed by atoms with Crippen LogP contribution in [0.3, 0.4) is 0 Å². The topological polar surface area (TPSA) is 79.9 Å². The van der Waals surface area contributed by atoms with Gasteiger partial charge < -0.3 is 0 Å². The van der Waals surface area contributed by atoms with Crippen LogP contribution in [0.2, 0.25) is 0 Å². The van der Waals surface area contributed by atoms with Crippen LogP contribution >= 0.6 is 22.7 Å². The first-order valence-electron chi connectivity index (χ1n) is 9.65. The van der Waals surface area contributed by atoms with Gasteiger partial charge in [-0.2, -0.15) is 5.10 Å². The molecule has 3 aromatic heterocycles. The number of benzene rings is 1. The summed E-state index contributed by atoms with van der Waals surface area (Å²) in [4.78, 5) is 11.0. The molecular weight excluding hydrogens is 462 g/mol. The van der Waals surface area contributed by atoms with Crippen LogP contribution in [-0.4, -0.2) is 42.2 Å². The Morgan fingerprint density at radius 1 is 1.06 bits per heavy atom. The van der Waals surface area contributed by atoms with Crippen molar-refractivity contribution in [2.24, 2.45) is 10.1 Å². The third-order valence-electron chi connectivity index (χ3n) is 4.57. The van der Waals surface area contributed by atoms with E-state index in [1.807, 2.05) is 48.0 Å². The second-order valence-electron chi connectivity index (χ2n) is 6.99. The van der Waals surface area contributed by atoms with Crippen LogP contribution in [0.5, 0.6) is 0 Å². The van der Waals surface area contributed by atoms with Crippen molar-refractivity contribution in [3.05, 3.63) is 82.0 Å². The van der Waals surface area contributed by atoms with Gasteiger partial charge >= 0.3 is 0 Å². The Bertz CT molecular complexity index is 1420. The van der Waals surface area contributed by atoms with Gasteiger partial charge in [0.25, 0.3) is 0 Å². The number of nitrogens with zero attached hydrogens (tertiary/aromatic N) is 5. The predicted octanol–water partition coefficient (Wildman–Crippen LogP) is 4.43. The Morgan fingerprint density at radius 3 is 2.59 bits per heavy atom. The molecule has 3 heterocycles. The summed E-state index contributed by atoms with van der Waals surface area (Å²) in [7, 11) is -0.534. The molecule has 32 heavy (non-hydrogen) atoms. The highest BCUT2D eigenvalue weighted by molar-refractivity contribution is 7.89. The first-order valence-corrected chi connectivity index (χ1v) is 12.8. The lowest BCUT2D eigenvalue weighted by molar-refractivity contribution is 0.521. The van der Waals surface area contributed by atoms with E-state index >= 15 is 0 Å². The summed E-state index contributed by atoms with van der Waals surface area (Å²) in [5, 5.41) is 8.82. The maximum atomic E-state index is 12.5. The highest BCUT2D eigenvalue weighted by atomic mass is 32.2. The first kappa shape index (κ1) is 22.3. The number of sulfonamides is 1. The molecule has 0 radical (unpaired) electrons. The van der Waals surface area contributed by atoms with E-state index in [-0.39, 0.29) is 4.90 Å². The van der Waals surface area contributed by atoms with Gasteiger partial charge in [-0.25, -0.2) is 22.4 Å². The average Bonchev–Trinajstić information content (AvgIpc) is 3.45. The molecule has 0 unspecified atom stereocenters. The number of hydrogen-bond acceptors (Lipinski definition) is 7. The van der Waals surface area contributed by atoms with Crippen LogP contribution in [0.4, 0.5) is 5.69 Å². The molecule has 0 spiro atoms. The van der Waals surface area contributed by atoms with Gasteiger partial charge in [-0.1, -0.05) is 18.2 Å². The molecule has 164 valence electrons. The zero-order valence-electron chi connectivity index (χ0n) is 17.7. The molecule has 0 bridgehead atoms. The summed E-state index contributed by atoms with van der Waals surface area (Å²) >= 11 is 3.06. The highest BCUT2D eigenvalue weighted by Crippen LogP contribution is 2.26. The van der Waals surface area contributed by atoms with Crippen LogP contribution < -0.4 is 4.80 Å². The number of thiazole rings is 1. The average molecular weight is 484 g/mol. The largest absolute Gasteiger partial charge is 0.255 e. The lowest BCUT2D eigenvalue weighted by Gasteiger charge is -2.11. The van der Waals surface area contributed by atoms with Crippen LogP contribution in [0.1, 0.15) is 12.6 Å². The third kappa shape index (κ3) is 4.63. The molecular formula is C22H21N5O2S3. The minimum absolute atomic E-state index is 0.193. The second kappa shape index (κ2) is 9.29. The van der Waals surface area contributed by atoms with Crippen molar-refractivity contribution in [2.45, 2.75) is 11.8 Å². The molecule has 0 aliphatic carbocycles. The zero-order valence-corrected chi connectivity index (χ0v) is 20.2. The van der Waals surface area contributed by atoms with Crippen molar-refractivity contribution in [3.8, 4) is 10.6 Å². The number of pyridine rings is 1. The lowest BCUT2D eigenvalue weighted by atomic mass is 10.3. The van der Waals surface area contributed by atoms with Crippen molar-refractivity contribution in [3.63, 3.8) is 0 Å². The van der Waals surface area contributed by atoms with Gasteiger partial charge in [-0.15, -0.1) is 22.7 Å². The number of aromatic nitrogens is 2. The minimum Gasteiger partial charge on any atom is -0.255 e. The summed E-state index contributed by atoms with van der Waals surface area (Å²) in [6, 6.07) is 16.3. The van der Waals surface area contributed by atoms with Gasteiger partial charge in [0.05, 0.1) is 32.6 Å². The predicted molar refractivity (Wildman–Crippen MR) is 130 cm³/mol. The standard InChI is InChI=1S/C22H21N5O2S3/c1-16(19-10-4-5-12-23-19)25-27-20(21-11-7-13-30-21)15-31-22(27)24-17-8-6-9-18(14-17)32(28,29)26(2)3/h4-15H,1-3H3/b24-22?,25-16+. The summed E-state index contributed by atoms with van der Waals surface area (Å²) in [5.74, 6) is 0.